The van der Waals surface area contributed by atoms with Gasteiger partial charge in [-0.3, -0.25) is 14.4 Å². The van der Waals surface area contributed by atoms with Gasteiger partial charge in [-0.15, -0.1) is 11.7 Å². The molecule has 1 unspecified atom stereocenters. The predicted octanol–water partition coefficient (Wildman–Crippen LogP) is 7.26. The molecular formula is C39H68F11N2NaO11S. The number of aliphatic carboxylic acids is 1. The summed E-state index contributed by atoms with van der Waals surface area (Å²) in [6.45, 7) is 4.25. The molecule has 1 heterocycles. The van der Waals surface area contributed by atoms with Crippen molar-refractivity contribution in [2.75, 3.05) is 80.3 Å². The Kier molecular flexibility index (Phi) is 34.8. The summed E-state index contributed by atoms with van der Waals surface area (Å²) in [7, 11) is 2.75. The minimum absolute atomic E-state index is 0. The van der Waals surface area contributed by atoms with Crippen molar-refractivity contribution in [1.29, 1.82) is 0 Å². The molecular weight excluding hydrogens is 936 g/mol. The Morgan fingerprint density at radius 2 is 1.02 bits per heavy atom. The first kappa shape index (κ1) is 68.0. The van der Waals surface area contributed by atoms with Crippen LogP contribution in [0.2, 0.25) is 0 Å². The van der Waals surface area contributed by atoms with Crippen molar-refractivity contribution < 1.29 is 130 Å². The van der Waals surface area contributed by atoms with Crippen LogP contribution >= 0.6 is 11.4 Å². The van der Waals surface area contributed by atoms with E-state index in [4.69, 9.17) is 35.5 Å². The average Bonchev–Trinajstić information content (AvgIpc) is 3.73. The summed E-state index contributed by atoms with van der Waals surface area (Å²) in [5.74, 6) is -6.05. The number of halogens is 11. The van der Waals surface area contributed by atoms with Gasteiger partial charge in [0.2, 0.25) is 17.8 Å². The molecule has 13 nitrogen and oxygen atoms in total. The zero-order valence-electron chi connectivity index (χ0n) is 38.2. The van der Waals surface area contributed by atoms with E-state index in [9.17, 15) is 61.2 Å². The minimum Gasteiger partial charge on any atom is -0.553 e. The molecule has 384 valence electrons. The summed E-state index contributed by atoms with van der Waals surface area (Å²) in [6, 6.07) is 0. The van der Waals surface area contributed by atoms with Gasteiger partial charge in [0, 0.05) is 72.4 Å². The van der Waals surface area contributed by atoms with Crippen molar-refractivity contribution in [3.8, 4) is 0 Å². The molecule has 26 heteroatoms. The van der Waals surface area contributed by atoms with Gasteiger partial charge in [0.05, 0.1) is 55.4 Å². The molecule has 4 fully saturated rings. The third-order valence-electron chi connectivity index (χ3n) is 11.0. The largest absolute Gasteiger partial charge is 1.00 e. The average molecular weight is 1010 g/mol. The van der Waals surface area contributed by atoms with Crippen LogP contribution in [0, 0.1) is 16.2 Å². The standard InChI is InChI=1S/C10H15F3O2.C10H16F2O3.C8H11F3O2.C6H14F3NO2S.C5H10O.H2NO.Na/c1-2-15-8(14)9(7-11)3-5-10(12,13)6-4-9;1-2-15-8(14)9(7-13)3-5-10(11,12)6-4-9;9-5-7(6(12)13)1-3-8(10,11)4-2-7;1-11-5-3-10(4-6-12-2)13(7,8)9;1-5-3-2-4-6-5;1-2;/h2-7H2,1H3;13H,2-7H2,1H3;1-5H2,(H,12,13);3-6H2,1-2H3;5H,2-4H2,1H3;1-2H;/q;;;;;-1;+1. The molecule has 0 amide bonds. The fourth-order valence-electron chi connectivity index (χ4n) is 6.52. The topological polar surface area (TPSA) is 185 Å². The smallest absolute Gasteiger partial charge is 0.553 e. The van der Waals surface area contributed by atoms with E-state index >= 15 is 0 Å². The van der Waals surface area contributed by atoms with Crippen molar-refractivity contribution in [3.05, 3.63) is 5.90 Å². The van der Waals surface area contributed by atoms with Gasteiger partial charge in [0.25, 0.3) is 11.4 Å². The Morgan fingerprint density at radius 1 is 0.677 bits per heavy atom. The van der Waals surface area contributed by atoms with Crippen LogP contribution in [0.1, 0.15) is 111 Å². The van der Waals surface area contributed by atoms with Crippen LogP contribution in [-0.2, 0) is 38.1 Å². The number of alkyl halides is 8. The number of aliphatic hydroxyl groups is 1. The van der Waals surface area contributed by atoms with Crippen molar-refractivity contribution in [2.24, 2.45) is 16.2 Å². The number of methoxy groups -OCH3 is 2. The molecule has 0 aromatic heterocycles. The second-order valence-electron chi connectivity index (χ2n) is 15.7. The molecule has 0 bridgehead atoms. The predicted molar refractivity (Wildman–Crippen MR) is 214 cm³/mol. The minimum atomic E-state index is -5.14. The van der Waals surface area contributed by atoms with Crippen LogP contribution in [0.3, 0.4) is 0 Å². The summed E-state index contributed by atoms with van der Waals surface area (Å²) in [6.07, 6.45) is -0.366. The van der Waals surface area contributed by atoms with E-state index in [2.05, 4.69) is 16.4 Å². The summed E-state index contributed by atoms with van der Waals surface area (Å²) in [5.41, 5.74) is -3.98. The van der Waals surface area contributed by atoms with Crippen molar-refractivity contribution in [2.45, 2.75) is 135 Å². The number of carboxylic acid groups (broad SMARTS) is 1. The molecule has 3 saturated carbocycles. The van der Waals surface area contributed by atoms with Crippen LogP contribution < -0.4 is 29.6 Å². The Balaban J connectivity index is -0.000000743. The summed E-state index contributed by atoms with van der Waals surface area (Å²) < 4.78 is 163. The Morgan fingerprint density at radius 3 is 1.25 bits per heavy atom. The molecule has 1 aliphatic heterocycles. The van der Waals surface area contributed by atoms with Gasteiger partial charge in [0.15, 0.2) is 0 Å². The van der Waals surface area contributed by atoms with Crippen molar-refractivity contribution in [1.82, 2.24) is 4.31 Å². The van der Waals surface area contributed by atoms with Crippen LogP contribution in [-0.4, -0.2) is 142 Å². The number of esters is 2. The molecule has 4 aliphatic rings. The number of rotatable bonds is 15. The number of ether oxygens (including phenoxy) is 5. The van der Waals surface area contributed by atoms with Gasteiger partial charge in [-0.2, -0.15) is 4.31 Å². The molecule has 0 aromatic rings. The monoisotopic (exact) mass is 1000 g/mol. The van der Waals surface area contributed by atoms with Crippen LogP contribution in [0.4, 0.5) is 46.8 Å². The van der Waals surface area contributed by atoms with E-state index in [-0.39, 0.29) is 120 Å². The van der Waals surface area contributed by atoms with Crippen molar-refractivity contribution in [3.63, 3.8) is 0 Å². The molecule has 4 N–H and O–H groups in total. The van der Waals surface area contributed by atoms with Gasteiger partial charge in [-0.25, -0.2) is 35.1 Å². The molecule has 0 radical (unpaired) electrons. The SMILES string of the molecule is CC1CCCO1.CCOC(=O)C1(CF)CCC(F)(F)CC1.CCOC(=O)C1(CO)CCC(F)(F)CC1.COCCN(CCOC)S(F)(F)F.O=C(O)C1(CF)CCC(F)(F)CC1.[NH-]O.[Na+]. The van der Waals surface area contributed by atoms with E-state index in [0.29, 0.717) is 10.4 Å². The molecule has 4 rings (SSSR count). The number of carboxylic acids is 1. The van der Waals surface area contributed by atoms with Crippen LogP contribution in [0.25, 0.3) is 5.90 Å². The maximum atomic E-state index is 12.9. The summed E-state index contributed by atoms with van der Waals surface area (Å²) >= 11 is -5.14. The van der Waals surface area contributed by atoms with Crippen LogP contribution in [0.15, 0.2) is 0 Å². The molecule has 65 heavy (non-hydrogen) atoms. The zero-order chi connectivity index (χ0) is 49.9. The third kappa shape index (κ3) is 25.8. The number of hydrogen-bond acceptors (Lipinski definition) is 11. The van der Waals surface area contributed by atoms with E-state index < -0.39 is 109 Å². The number of hydrogen-bond donors (Lipinski definition) is 3. The Bertz CT molecular complexity index is 1220. The first-order valence-electron chi connectivity index (χ1n) is 20.7. The van der Waals surface area contributed by atoms with Crippen molar-refractivity contribution >= 4 is 29.3 Å². The van der Waals surface area contributed by atoms with E-state index in [1.165, 1.54) is 27.1 Å². The molecule has 3 aliphatic carbocycles. The Hall–Kier alpha value is -1.29. The van der Waals surface area contributed by atoms with Gasteiger partial charge >= 0.3 is 47.5 Å². The number of aliphatic hydroxyl groups excluding tert-OH is 1. The number of nitrogens with zero attached hydrogens (tertiary/aromatic N) is 1. The van der Waals surface area contributed by atoms with E-state index in [1.54, 1.807) is 13.8 Å². The molecule has 1 saturated heterocycles. The number of carbonyl (C=O) groups excluding carboxylic acids is 2. The van der Waals surface area contributed by atoms with Gasteiger partial charge in [-0.1, -0.05) is 0 Å². The summed E-state index contributed by atoms with van der Waals surface area (Å²) in [5, 5.41) is 24.1. The second kappa shape index (κ2) is 33.3. The maximum Gasteiger partial charge on any atom is 1.00 e. The first-order valence-corrected chi connectivity index (χ1v) is 22.0. The molecule has 1 atom stereocenters. The number of nitrogens with one attached hydrogen (secondary N) is 1. The quantitative estimate of drug-likeness (QED) is 0.0647. The van der Waals surface area contributed by atoms with Gasteiger partial charge in [-0.05, 0) is 72.1 Å². The fraction of sp³-hybridized carbons (Fsp3) is 0.923. The first-order chi connectivity index (χ1) is 29.7. The fourth-order valence-corrected chi connectivity index (χ4v) is 7.08. The Labute approximate surface area is 398 Å². The number of carbonyl (C=O) groups is 3. The molecule has 0 aromatic carbocycles. The van der Waals surface area contributed by atoms with E-state index in [1.807, 2.05) is 0 Å². The van der Waals surface area contributed by atoms with Gasteiger partial charge < -0.3 is 45.0 Å². The zero-order valence-corrected chi connectivity index (χ0v) is 41.0. The summed E-state index contributed by atoms with van der Waals surface area (Å²) in [4.78, 5) is 33.6. The molecule has 0 spiro atoms. The third-order valence-corrected chi connectivity index (χ3v) is 12.0. The normalized spacial score (nSPS) is 21.9. The van der Waals surface area contributed by atoms with Crippen LogP contribution in [0.5, 0.6) is 0 Å². The second-order valence-corrected chi connectivity index (χ2v) is 17.0. The van der Waals surface area contributed by atoms with Gasteiger partial charge in [0.1, 0.15) is 13.3 Å². The maximum absolute atomic E-state index is 12.9. The van der Waals surface area contributed by atoms with E-state index in [0.717, 1.165) is 6.61 Å².